The molecule has 0 amide bonds. The Hall–Kier alpha value is -1.61. The van der Waals surface area contributed by atoms with Crippen LogP contribution >= 0.6 is 8.09 Å². The highest BCUT2D eigenvalue weighted by molar-refractivity contribution is 7.57. The summed E-state index contributed by atoms with van der Waals surface area (Å²) in [7, 11) is -3.34. The SMILES string of the molecule is [O-][P+]1(N2CCCC2)Oc2ccccc2-c2ccccc2O1. The molecular formula is C16H16NO3P. The Kier molecular flexibility index (Phi) is 3.11. The molecule has 0 N–H and O–H groups in total. The van der Waals surface area contributed by atoms with Crippen molar-refractivity contribution in [2.75, 3.05) is 13.1 Å². The van der Waals surface area contributed by atoms with Gasteiger partial charge in [0.1, 0.15) is 0 Å². The molecule has 4 nitrogen and oxygen atoms in total. The number of benzene rings is 2. The highest BCUT2D eigenvalue weighted by Crippen LogP contribution is 2.61. The fourth-order valence-corrected chi connectivity index (χ4v) is 4.72. The van der Waals surface area contributed by atoms with Crippen molar-refractivity contribution in [2.45, 2.75) is 12.8 Å². The fourth-order valence-electron chi connectivity index (χ4n) is 2.87. The minimum Gasteiger partial charge on any atom is -0.601 e. The second-order valence-electron chi connectivity index (χ2n) is 5.30. The summed E-state index contributed by atoms with van der Waals surface area (Å²) in [6, 6.07) is 15.3. The van der Waals surface area contributed by atoms with Crippen molar-refractivity contribution in [3.8, 4) is 22.6 Å². The van der Waals surface area contributed by atoms with Gasteiger partial charge >= 0.3 is 8.09 Å². The predicted molar refractivity (Wildman–Crippen MR) is 80.9 cm³/mol. The fraction of sp³-hybridized carbons (Fsp3) is 0.250. The zero-order chi connectivity index (χ0) is 14.3. The third-order valence-corrected chi connectivity index (χ3v) is 5.87. The average molecular weight is 301 g/mol. The van der Waals surface area contributed by atoms with Gasteiger partial charge in [0.25, 0.3) is 0 Å². The highest BCUT2D eigenvalue weighted by Gasteiger charge is 2.46. The molecule has 0 atom stereocenters. The second kappa shape index (κ2) is 4.99. The van der Waals surface area contributed by atoms with Crippen LogP contribution in [0.5, 0.6) is 11.5 Å². The number of para-hydroxylation sites is 2. The molecule has 0 radical (unpaired) electrons. The lowest BCUT2D eigenvalue weighted by molar-refractivity contribution is -0.216. The van der Waals surface area contributed by atoms with E-state index in [1.807, 2.05) is 53.2 Å². The van der Waals surface area contributed by atoms with E-state index in [9.17, 15) is 4.89 Å². The topological polar surface area (TPSA) is 44.8 Å². The summed E-state index contributed by atoms with van der Waals surface area (Å²) < 4.78 is 13.6. The maximum Gasteiger partial charge on any atom is 0.411 e. The van der Waals surface area contributed by atoms with Crippen molar-refractivity contribution in [1.82, 2.24) is 4.67 Å². The van der Waals surface area contributed by atoms with Crippen LogP contribution in [0.1, 0.15) is 12.8 Å². The molecule has 0 bridgehead atoms. The van der Waals surface area contributed by atoms with Crippen molar-refractivity contribution in [2.24, 2.45) is 0 Å². The molecule has 2 aromatic rings. The number of hydrogen-bond donors (Lipinski definition) is 0. The molecule has 0 unspecified atom stereocenters. The van der Waals surface area contributed by atoms with E-state index < -0.39 is 8.09 Å². The Bertz CT molecular complexity index is 623. The van der Waals surface area contributed by atoms with Gasteiger partial charge in [-0.05, 0) is 25.0 Å². The third-order valence-electron chi connectivity index (χ3n) is 3.92. The Morgan fingerprint density at radius 1 is 0.810 bits per heavy atom. The van der Waals surface area contributed by atoms with Crippen LogP contribution in [0.15, 0.2) is 48.5 Å². The predicted octanol–water partition coefficient (Wildman–Crippen LogP) is 3.26. The monoisotopic (exact) mass is 301 g/mol. The summed E-state index contributed by atoms with van der Waals surface area (Å²) in [6.45, 7) is 1.50. The van der Waals surface area contributed by atoms with Gasteiger partial charge in [0, 0.05) is 24.2 Å². The highest BCUT2D eigenvalue weighted by atomic mass is 31.2. The summed E-state index contributed by atoms with van der Waals surface area (Å²) >= 11 is 0. The van der Waals surface area contributed by atoms with Gasteiger partial charge in [-0.1, -0.05) is 36.4 Å². The minimum atomic E-state index is -3.34. The molecule has 5 heteroatoms. The quantitative estimate of drug-likeness (QED) is 0.758. The Morgan fingerprint density at radius 2 is 1.29 bits per heavy atom. The van der Waals surface area contributed by atoms with E-state index in [0.29, 0.717) is 11.5 Å². The summed E-state index contributed by atoms with van der Waals surface area (Å²) in [4.78, 5) is 13.3. The molecule has 2 heterocycles. The van der Waals surface area contributed by atoms with E-state index in [4.69, 9.17) is 9.05 Å². The van der Waals surface area contributed by atoms with Crippen LogP contribution in [-0.4, -0.2) is 17.8 Å². The first-order chi connectivity index (χ1) is 10.3. The van der Waals surface area contributed by atoms with Gasteiger partial charge in [-0.3, -0.25) is 9.05 Å². The van der Waals surface area contributed by atoms with Crippen LogP contribution in [0.4, 0.5) is 0 Å². The summed E-state index contributed by atoms with van der Waals surface area (Å²) in [6.07, 6.45) is 2.06. The maximum absolute atomic E-state index is 13.3. The number of fused-ring (bicyclic) bond motifs is 3. The van der Waals surface area contributed by atoms with E-state index >= 15 is 0 Å². The van der Waals surface area contributed by atoms with Gasteiger partial charge in [-0.25, -0.2) is 0 Å². The van der Waals surface area contributed by atoms with Crippen LogP contribution in [0.25, 0.3) is 11.1 Å². The van der Waals surface area contributed by atoms with E-state index in [1.54, 1.807) is 0 Å². The first kappa shape index (κ1) is 13.1. The molecule has 0 aliphatic carbocycles. The first-order valence-corrected chi connectivity index (χ1v) is 8.69. The van der Waals surface area contributed by atoms with Crippen LogP contribution < -0.4 is 13.9 Å². The molecule has 1 saturated heterocycles. The standard InChI is InChI=1S/C16H16NO3P/c18-21(17-11-5-6-12-17)19-15-9-3-1-7-13(15)14-8-2-4-10-16(14)20-21/h1-4,7-10H,5-6,11-12H2. The van der Waals surface area contributed by atoms with E-state index in [-0.39, 0.29) is 0 Å². The second-order valence-corrected chi connectivity index (χ2v) is 7.17. The van der Waals surface area contributed by atoms with Gasteiger partial charge in [0.15, 0.2) is 11.5 Å². The molecule has 0 saturated carbocycles. The van der Waals surface area contributed by atoms with E-state index in [0.717, 1.165) is 37.1 Å². The zero-order valence-corrected chi connectivity index (χ0v) is 12.5. The smallest absolute Gasteiger partial charge is 0.411 e. The van der Waals surface area contributed by atoms with Crippen LogP contribution in [0.3, 0.4) is 0 Å². The molecule has 2 aliphatic rings. The van der Waals surface area contributed by atoms with E-state index in [1.165, 1.54) is 0 Å². The van der Waals surface area contributed by atoms with Crippen molar-refractivity contribution in [1.29, 1.82) is 0 Å². The lowest BCUT2D eigenvalue weighted by Crippen LogP contribution is -2.35. The number of hydrogen-bond acceptors (Lipinski definition) is 4. The molecule has 0 spiro atoms. The molecule has 2 aromatic carbocycles. The largest absolute Gasteiger partial charge is 0.601 e. The normalized spacial score (nSPS) is 19.9. The van der Waals surface area contributed by atoms with Crippen LogP contribution in [0.2, 0.25) is 0 Å². The lowest BCUT2D eigenvalue weighted by Gasteiger charge is -2.32. The van der Waals surface area contributed by atoms with Crippen LogP contribution in [-0.2, 0) is 0 Å². The maximum atomic E-state index is 13.3. The van der Waals surface area contributed by atoms with Gasteiger partial charge in [-0.15, -0.1) is 4.67 Å². The van der Waals surface area contributed by atoms with E-state index in [2.05, 4.69) is 0 Å². The Morgan fingerprint density at radius 3 is 1.81 bits per heavy atom. The average Bonchev–Trinajstić information content (AvgIpc) is 3.00. The minimum absolute atomic E-state index is 0.623. The molecular weight excluding hydrogens is 285 g/mol. The van der Waals surface area contributed by atoms with Crippen molar-refractivity contribution in [3.05, 3.63) is 48.5 Å². The lowest BCUT2D eigenvalue weighted by atomic mass is 10.0. The molecule has 21 heavy (non-hydrogen) atoms. The first-order valence-electron chi connectivity index (χ1n) is 7.19. The van der Waals surface area contributed by atoms with Gasteiger partial charge in [0.2, 0.25) is 0 Å². The molecule has 4 rings (SSSR count). The molecule has 108 valence electrons. The summed E-state index contributed by atoms with van der Waals surface area (Å²) in [5.74, 6) is 1.25. The van der Waals surface area contributed by atoms with Crippen molar-refractivity contribution >= 4 is 8.09 Å². The van der Waals surface area contributed by atoms with Gasteiger partial charge in [-0.2, -0.15) is 0 Å². The molecule has 1 fully saturated rings. The number of rotatable bonds is 1. The Balaban J connectivity index is 1.87. The van der Waals surface area contributed by atoms with Gasteiger partial charge in [0.05, 0.1) is 0 Å². The van der Waals surface area contributed by atoms with Crippen molar-refractivity contribution < 1.29 is 13.9 Å². The third kappa shape index (κ3) is 2.20. The summed E-state index contributed by atoms with van der Waals surface area (Å²) in [5.41, 5.74) is 1.84. The molecule has 0 aromatic heterocycles. The van der Waals surface area contributed by atoms with Gasteiger partial charge < -0.3 is 4.89 Å². The Labute approximate surface area is 124 Å². The summed E-state index contributed by atoms with van der Waals surface area (Å²) in [5, 5.41) is 0. The van der Waals surface area contributed by atoms with Crippen molar-refractivity contribution in [3.63, 3.8) is 0 Å². The molecule has 2 aliphatic heterocycles. The van der Waals surface area contributed by atoms with Crippen LogP contribution in [0, 0.1) is 0 Å². The zero-order valence-electron chi connectivity index (χ0n) is 11.6. The number of nitrogens with zero attached hydrogens (tertiary/aromatic N) is 1.